The summed E-state index contributed by atoms with van der Waals surface area (Å²) in [4.78, 5) is 27.8. The number of aromatic nitrogens is 2. The summed E-state index contributed by atoms with van der Waals surface area (Å²) in [5.41, 5.74) is -0.996. The van der Waals surface area contributed by atoms with E-state index >= 15 is 0 Å². The van der Waals surface area contributed by atoms with Crippen molar-refractivity contribution in [2.75, 3.05) is 32.8 Å². The van der Waals surface area contributed by atoms with Gasteiger partial charge in [0, 0.05) is 32.4 Å². The lowest BCUT2D eigenvalue weighted by Crippen LogP contribution is -2.38. The minimum Gasteiger partial charge on any atom is -0.477 e. The average Bonchev–Trinajstić information content (AvgIpc) is 2.38. The highest BCUT2D eigenvalue weighted by Crippen LogP contribution is 1.98. The molecule has 1 aromatic rings. The SMILES string of the molecule is O=C(O)c1cn(CCN2CCOCC2)cnc1=O. The van der Waals surface area contributed by atoms with Crippen LogP contribution < -0.4 is 5.56 Å². The number of ether oxygens (including phenoxy) is 1. The summed E-state index contributed by atoms with van der Waals surface area (Å²) in [5.74, 6) is -1.24. The average molecular weight is 253 g/mol. The maximum absolute atomic E-state index is 11.2. The number of nitrogens with zero attached hydrogens (tertiary/aromatic N) is 3. The van der Waals surface area contributed by atoms with Crippen LogP contribution in [0.1, 0.15) is 10.4 Å². The third kappa shape index (κ3) is 3.14. The minimum absolute atomic E-state index is 0.292. The molecule has 1 saturated heterocycles. The molecule has 1 aliphatic heterocycles. The highest BCUT2D eigenvalue weighted by atomic mass is 16.5. The van der Waals surface area contributed by atoms with E-state index in [2.05, 4.69) is 9.88 Å². The summed E-state index contributed by atoms with van der Waals surface area (Å²) < 4.78 is 6.86. The quantitative estimate of drug-likeness (QED) is 0.761. The molecular formula is C11H15N3O4. The van der Waals surface area contributed by atoms with Crippen LogP contribution in [-0.2, 0) is 11.3 Å². The summed E-state index contributed by atoms with van der Waals surface area (Å²) in [7, 11) is 0. The van der Waals surface area contributed by atoms with E-state index < -0.39 is 11.5 Å². The molecule has 7 heteroatoms. The summed E-state index contributed by atoms with van der Waals surface area (Å²) in [6.45, 7) is 4.59. The molecule has 0 bridgehead atoms. The van der Waals surface area contributed by atoms with Crippen molar-refractivity contribution in [2.24, 2.45) is 0 Å². The van der Waals surface area contributed by atoms with E-state index in [0.29, 0.717) is 6.54 Å². The molecule has 98 valence electrons. The molecule has 1 N–H and O–H groups in total. The van der Waals surface area contributed by atoms with E-state index in [-0.39, 0.29) is 5.56 Å². The van der Waals surface area contributed by atoms with Crippen molar-refractivity contribution in [1.82, 2.24) is 14.5 Å². The van der Waals surface area contributed by atoms with Crippen LogP contribution in [0, 0.1) is 0 Å². The standard InChI is InChI=1S/C11H15N3O4/c15-10-9(11(16)17)7-14(8-12-10)2-1-13-3-5-18-6-4-13/h7-8H,1-6H2,(H,16,17). The van der Waals surface area contributed by atoms with Gasteiger partial charge < -0.3 is 14.4 Å². The highest BCUT2D eigenvalue weighted by Gasteiger charge is 2.12. The van der Waals surface area contributed by atoms with Gasteiger partial charge in [0.25, 0.3) is 5.56 Å². The predicted octanol–water partition coefficient (Wildman–Crippen LogP) is -0.726. The van der Waals surface area contributed by atoms with Gasteiger partial charge in [0.05, 0.1) is 19.5 Å². The topological polar surface area (TPSA) is 84.7 Å². The molecular weight excluding hydrogens is 238 g/mol. The third-order valence-electron chi connectivity index (χ3n) is 2.86. The van der Waals surface area contributed by atoms with E-state index in [1.165, 1.54) is 12.5 Å². The Balaban J connectivity index is 1.98. The summed E-state index contributed by atoms with van der Waals surface area (Å²) in [5, 5.41) is 8.83. The van der Waals surface area contributed by atoms with E-state index in [9.17, 15) is 9.59 Å². The first-order valence-corrected chi connectivity index (χ1v) is 5.76. The van der Waals surface area contributed by atoms with Crippen LogP contribution in [0.25, 0.3) is 0 Å². The van der Waals surface area contributed by atoms with Crippen LogP contribution in [-0.4, -0.2) is 58.4 Å². The number of carboxylic acid groups (broad SMARTS) is 1. The van der Waals surface area contributed by atoms with E-state index in [1.54, 1.807) is 4.57 Å². The van der Waals surface area contributed by atoms with Crippen LogP contribution in [0.5, 0.6) is 0 Å². The lowest BCUT2D eigenvalue weighted by atomic mass is 10.3. The van der Waals surface area contributed by atoms with Gasteiger partial charge in [-0.25, -0.2) is 4.79 Å². The smallest absolute Gasteiger partial charge is 0.342 e. The molecule has 0 unspecified atom stereocenters. The van der Waals surface area contributed by atoms with Crippen LogP contribution >= 0.6 is 0 Å². The van der Waals surface area contributed by atoms with E-state index in [0.717, 1.165) is 32.8 Å². The van der Waals surface area contributed by atoms with Crippen molar-refractivity contribution in [2.45, 2.75) is 6.54 Å². The second-order valence-electron chi connectivity index (χ2n) is 4.09. The first-order chi connectivity index (χ1) is 8.66. The number of rotatable bonds is 4. The van der Waals surface area contributed by atoms with Gasteiger partial charge in [0.1, 0.15) is 5.56 Å². The maximum atomic E-state index is 11.2. The minimum atomic E-state index is -1.24. The Bertz CT molecular complexity index is 479. The van der Waals surface area contributed by atoms with Crippen LogP contribution in [0.3, 0.4) is 0 Å². The zero-order chi connectivity index (χ0) is 13.0. The number of hydrogen-bond donors (Lipinski definition) is 1. The molecule has 18 heavy (non-hydrogen) atoms. The first kappa shape index (κ1) is 12.7. The van der Waals surface area contributed by atoms with Gasteiger partial charge in [-0.3, -0.25) is 9.69 Å². The molecule has 0 radical (unpaired) electrons. The van der Waals surface area contributed by atoms with Crippen LogP contribution in [0.4, 0.5) is 0 Å². The largest absolute Gasteiger partial charge is 0.477 e. The Morgan fingerprint density at radius 2 is 2.11 bits per heavy atom. The molecule has 0 spiro atoms. The van der Waals surface area contributed by atoms with Crippen molar-refractivity contribution >= 4 is 5.97 Å². The number of carboxylic acids is 1. The highest BCUT2D eigenvalue weighted by molar-refractivity contribution is 5.86. The Hall–Kier alpha value is -1.73. The fourth-order valence-electron chi connectivity index (χ4n) is 1.80. The number of aromatic carboxylic acids is 1. The van der Waals surface area contributed by atoms with Crippen molar-refractivity contribution in [3.05, 3.63) is 28.4 Å². The normalized spacial score (nSPS) is 16.7. The molecule has 1 fully saturated rings. The van der Waals surface area contributed by atoms with Gasteiger partial charge >= 0.3 is 5.97 Å². The third-order valence-corrected chi connectivity index (χ3v) is 2.86. The van der Waals surface area contributed by atoms with Gasteiger partial charge in [-0.1, -0.05) is 0 Å². The Labute approximate surface area is 104 Å². The van der Waals surface area contributed by atoms with Crippen molar-refractivity contribution in [3.8, 4) is 0 Å². The summed E-state index contributed by atoms with van der Waals surface area (Å²) >= 11 is 0. The van der Waals surface area contributed by atoms with Crippen LogP contribution in [0.15, 0.2) is 17.3 Å². The van der Waals surface area contributed by atoms with Crippen molar-refractivity contribution in [1.29, 1.82) is 0 Å². The number of morpholine rings is 1. The molecule has 1 aliphatic rings. The zero-order valence-corrected chi connectivity index (χ0v) is 9.91. The molecule has 0 aromatic carbocycles. The lowest BCUT2D eigenvalue weighted by Gasteiger charge is -2.26. The lowest BCUT2D eigenvalue weighted by molar-refractivity contribution is 0.0363. The van der Waals surface area contributed by atoms with Crippen LogP contribution in [0.2, 0.25) is 0 Å². The number of hydrogen-bond acceptors (Lipinski definition) is 5. The second kappa shape index (κ2) is 5.74. The van der Waals surface area contributed by atoms with Gasteiger partial charge in [-0.15, -0.1) is 0 Å². The fraction of sp³-hybridized carbons (Fsp3) is 0.545. The monoisotopic (exact) mass is 253 g/mol. The molecule has 2 rings (SSSR count). The Morgan fingerprint density at radius 3 is 2.78 bits per heavy atom. The summed E-state index contributed by atoms with van der Waals surface area (Å²) in [6.07, 6.45) is 2.70. The Kier molecular flexibility index (Phi) is 4.06. The second-order valence-corrected chi connectivity index (χ2v) is 4.09. The van der Waals surface area contributed by atoms with Crippen molar-refractivity contribution < 1.29 is 14.6 Å². The predicted molar refractivity (Wildman–Crippen MR) is 62.7 cm³/mol. The van der Waals surface area contributed by atoms with E-state index in [4.69, 9.17) is 9.84 Å². The van der Waals surface area contributed by atoms with Gasteiger partial charge in [0.15, 0.2) is 0 Å². The maximum Gasteiger partial charge on any atom is 0.342 e. The number of carbonyl (C=O) groups is 1. The Morgan fingerprint density at radius 1 is 1.39 bits per heavy atom. The molecule has 0 atom stereocenters. The van der Waals surface area contributed by atoms with Gasteiger partial charge in [-0.2, -0.15) is 4.98 Å². The van der Waals surface area contributed by atoms with Crippen molar-refractivity contribution in [3.63, 3.8) is 0 Å². The molecule has 0 aliphatic carbocycles. The fourth-order valence-corrected chi connectivity index (χ4v) is 1.80. The van der Waals surface area contributed by atoms with E-state index in [1.807, 2.05) is 0 Å². The molecule has 7 nitrogen and oxygen atoms in total. The molecule has 0 saturated carbocycles. The zero-order valence-electron chi connectivity index (χ0n) is 9.91. The van der Waals surface area contributed by atoms with Gasteiger partial charge in [-0.05, 0) is 0 Å². The molecule has 0 amide bonds. The summed E-state index contributed by atoms with van der Waals surface area (Å²) in [6, 6.07) is 0. The first-order valence-electron chi connectivity index (χ1n) is 5.76. The molecule has 1 aromatic heterocycles. The molecule has 2 heterocycles. The van der Waals surface area contributed by atoms with Gasteiger partial charge in [0.2, 0.25) is 0 Å².